The lowest BCUT2D eigenvalue weighted by atomic mass is 10.2. The van der Waals surface area contributed by atoms with E-state index in [-0.39, 0.29) is 0 Å². The van der Waals surface area contributed by atoms with Crippen LogP contribution in [-0.2, 0) is 13.1 Å². The Morgan fingerprint density at radius 2 is 2.00 bits per heavy atom. The van der Waals surface area contributed by atoms with Gasteiger partial charge in [0.25, 0.3) is 0 Å². The molecule has 0 spiro atoms. The molecule has 94 valence electrons. The molecule has 0 N–H and O–H groups in total. The fourth-order valence-corrected chi connectivity index (χ4v) is 2.03. The van der Waals surface area contributed by atoms with Gasteiger partial charge < -0.3 is 0 Å². The fraction of sp³-hybridized carbons (Fsp3) is 0.286. The highest BCUT2D eigenvalue weighted by molar-refractivity contribution is 6.30. The van der Waals surface area contributed by atoms with Crippen molar-refractivity contribution in [3.63, 3.8) is 0 Å². The van der Waals surface area contributed by atoms with Crippen molar-refractivity contribution in [1.29, 1.82) is 0 Å². The Morgan fingerprint density at radius 1 is 1.17 bits per heavy atom. The fourth-order valence-electron chi connectivity index (χ4n) is 1.85. The first-order valence-corrected chi connectivity index (χ1v) is 6.23. The molecule has 0 aliphatic heterocycles. The van der Waals surface area contributed by atoms with Gasteiger partial charge in [0, 0.05) is 30.5 Å². The monoisotopic (exact) mass is 261 g/mol. The Kier molecular flexibility index (Phi) is 4.28. The molecule has 0 saturated heterocycles. The van der Waals surface area contributed by atoms with Crippen LogP contribution in [0.25, 0.3) is 0 Å². The zero-order valence-corrected chi connectivity index (χ0v) is 11.4. The van der Waals surface area contributed by atoms with Crippen LogP contribution in [0.1, 0.15) is 17.0 Å². The lowest BCUT2D eigenvalue weighted by Crippen LogP contribution is -2.18. The number of pyridine rings is 2. The molecule has 2 aromatic heterocycles. The molecule has 0 bridgehead atoms. The summed E-state index contributed by atoms with van der Waals surface area (Å²) in [5, 5.41) is 0.571. The summed E-state index contributed by atoms with van der Waals surface area (Å²) in [5.74, 6) is 0. The minimum Gasteiger partial charge on any atom is -0.296 e. The van der Waals surface area contributed by atoms with E-state index < -0.39 is 0 Å². The SMILES string of the molecule is Cc1cccc(CN(C)Cc2cccnc2Cl)n1. The average molecular weight is 262 g/mol. The molecule has 0 aromatic carbocycles. The van der Waals surface area contributed by atoms with Crippen LogP contribution in [0.3, 0.4) is 0 Å². The normalized spacial score (nSPS) is 10.9. The zero-order chi connectivity index (χ0) is 13.0. The molecule has 2 aromatic rings. The highest BCUT2D eigenvalue weighted by Gasteiger charge is 2.06. The number of aryl methyl sites for hydroxylation is 1. The zero-order valence-electron chi connectivity index (χ0n) is 10.6. The number of rotatable bonds is 4. The standard InChI is InChI=1S/C14H16ClN3/c1-11-5-3-7-13(17-11)10-18(2)9-12-6-4-8-16-14(12)15/h3-8H,9-10H2,1-2H3. The van der Waals surface area contributed by atoms with E-state index in [1.807, 2.05) is 44.3 Å². The lowest BCUT2D eigenvalue weighted by Gasteiger charge is -2.16. The van der Waals surface area contributed by atoms with Crippen LogP contribution in [0.4, 0.5) is 0 Å². The first-order valence-electron chi connectivity index (χ1n) is 5.85. The van der Waals surface area contributed by atoms with Gasteiger partial charge in [0.1, 0.15) is 5.15 Å². The van der Waals surface area contributed by atoms with Crippen LogP contribution in [0.15, 0.2) is 36.5 Å². The van der Waals surface area contributed by atoms with E-state index in [4.69, 9.17) is 11.6 Å². The van der Waals surface area contributed by atoms with Gasteiger partial charge >= 0.3 is 0 Å². The second-order valence-electron chi connectivity index (χ2n) is 4.40. The first kappa shape index (κ1) is 13.0. The van der Waals surface area contributed by atoms with Crippen molar-refractivity contribution in [2.24, 2.45) is 0 Å². The van der Waals surface area contributed by atoms with Crippen molar-refractivity contribution >= 4 is 11.6 Å². The predicted octanol–water partition coefficient (Wildman–Crippen LogP) is 3.07. The third kappa shape index (κ3) is 3.52. The van der Waals surface area contributed by atoms with Crippen molar-refractivity contribution in [3.05, 3.63) is 58.6 Å². The number of hydrogen-bond donors (Lipinski definition) is 0. The van der Waals surface area contributed by atoms with Crippen LogP contribution in [0.5, 0.6) is 0 Å². The molecule has 2 heterocycles. The Hall–Kier alpha value is -1.45. The van der Waals surface area contributed by atoms with Gasteiger partial charge in [-0.05, 0) is 32.2 Å². The molecule has 0 amide bonds. The van der Waals surface area contributed by atoms with Crippen molar-refractivity contribution in [3.8, 4) is 0 Å². The number of halogens is 1. The molecule has 4 heteroatoms. The minimum atomic E-state index is 0.571. The molecule has 0 radical (unpaired) electrons. The Labute approximate surface area is 112 Å². The number of hydrogen-bond acceptors (Lipinski definition) is 3. The van der Waals surface area contributed by atoms with Gasteiger partial charge in [-0.2, -0.15) is 0 Å². The average Bonchev–Trinajstić information content (AvgIpc) is 2.32. The van der Waals surface area contributed by atoms with Gasteiger partial charge in [0.15, 0.2) is 0 Å². The van der Waals surface area contributed by atoms with Crippen LogP contribution >= 0.6 is 11.6 Å². The van der Waals surface area contributed by atoms with Crippen molar-refractivity contribution in [1.82, 2.24) is 14.9 Å². The molecule has 18 heavy (non-hydrogen) atoms. The Morgan fingerprint density at radius 3 is 2.72 bits per heavy atom. The maximum atomic E-state index is 6.04. The summed E-state index contributed by atoms with van der Waals surface area (Å²) in [6, 6.07) is 9.97. The van der Waals surface area contributed by atoms with E-state index in [9.17, 15) is 0 Å². The summed E-state index contributed by atoms with van der Waals surface area (Å²) in [6.07, 6.45) is 1.70. The van der Waals surface area contributed by atoms with Gasteiger partial charge in [-0.3, -0.25) is 9.88 Å². The summed E-state index contributed by atoms with van der Waals surface area (Å²) >= 11 is 6.04. The molecule has 0 unspecified atom stereocenters. The van der Waals surface area contributed by atoms with E-state index in [0.717, 1.165) is 30.0 Å². The summed E-state index contributed by atoms with van der Waals surface area (Å²) in [6.45, 7) is 3.57. The van der Waals surface area contributed by atoms with Crippen LogP contribution in [0.2, 0.25) is 5.15 Å². The molecule has 0 fully saturated rings. The second kappa shape index (κ2) is 5.94. The third-order valence-electron chi connectivity index (χ3n) is 2.65. The summed E-state index contributed by atoms with van der Waals surface area (Å²) < 4.78 is 0. The quantitative estimate of drug-likeness (QED) is 0.792. The number of nitrogens with zero attached hydrogens (tertiary/aromatic N) is 3. The van der Waals surface area contributed by atoms with Gasteiger partial charge in [0.2, 0.25) is 0 Å². The second-order valence-corrected chi connectivity index (χ2v) is 4.75. The smallest absolute Gasteiger partial charge is 0.133 e. The van der Waals surface area contributed by atoms with Crippen molar-refractivity contribution in [2.75, 3.05) is 7.05 Å². The molecule has 0 saturated carbocycles. The maximum Gasteiger partial charge on any atom is 0.133 e. The van der Waals surface area contributed by atoms with E-state index in [2.05, 4.69) is 14.9 Å². The van der Waals surface area contributed by atoms with E-state index in [1.54, 1.807) is 6.20 Å². The minimum absolute atomic E-state index is 0.571. The highest BCUT2D eigenvalue weighted by atomic mass is 35.5. The van der Waals surface area contributed by atoms with Crippen LogP contribution in [-0.4, -0.2) is 21.9 Å². The van der Waals surface area contributed by atoms with Gasteiger partial charge in [-0.15, -0.1) is 0 Å². The molecule has 3 nitrogen and oxygen atoms in total. The molecule has 2 rings (SSSR count). The summed E-state index contributed by atoms with van der Waals surface area (Å²) in [5.41, 5.74) is 3.15. The largest absolute Gasteiger partial charge is 0.296 e. The lowest BCUT2D eigenvalue weighted by molar-refractivity contribution is 0.314. The van der Waals surface area contributed by atoms with Gasteiger partial charge in [0.05, 0.1) is 5.69 Å². The predicted molar refractivity (Wildman–Crippen MR) is 73.4 cm³/mol. The maximum absolute atomic E-state index is 6.04. The number of aromatic nitrogens is 2. The van der Waals surface area contributed by atoms with E-state index in [1.165, 1.54) is 0 Å². The van der Waals surface area contributed by atoms with Gasteiger partial charge in [-0.1, -0.05) is 23.7 Å². The van der Waals surface area contributed by atoms with Crippen LogP contribution < -0.4 is 0 Å². The molecular weight excluding hydrogens is 246 g/mol. The summed E-state index contributed by atoms with van der Waals surface area (Å²) in [7, 11) is 2.05. The van der Waals surface area contributed by atoms with Crippen molar-refractivity contribution in [2.45, 2.75) is 20.0 Å². The molecule has 0 aliphatic carbocycles. The Balaban J connectivity index is 2.01. The van der Waals surface area contributed by atoms with Crippen molar-refractivity contribution < 1.29 is 0 Å². The van der Waals surface area contributed by atoms with E-state index in [0.29, 0.717) is 5.15 Å². The molecule has 0 aliphatic rings. The third-order valence-corrected chi connectivity index (χ3v) is 2.99. The molecular formula is C14H16ClN3. The van der Waals surface area contributed by atoms with E-state index >= 15 is 0 Å². The van der Waals surface area contributed by atoms with Crippen LogP contribution in [0, 0.1) is 6.92 Å². The van der Waals surface area contributed by atoms with Gasteiger partial charge in [-0.25, -0.2) is 4.98 Å². The first-order chi connectivity index (χ1) is 8.65. The Bertz CT molecular complexity index is 528. The topological polar surface area (TPSA) is 29.0 Å². The highest BCUT2D eigenvalue weighted by Crippen LogP contribution is 2.14. The molecule has 0 atom stereocenters. The summed E-state index contributed by atoms with van der Waals surface area (Å²) in [4.78, 5) is 10.7.